The number of ether oxygens (including phenoxy) is 1. The zero-order chi connectivity index (χ0) is 13.2. The number of nitro groups is 1. The van der Waals surface area contributed by atoms with Gasteiger partial charge in [-0.3, -0.25) is 10.1 Å². The molecule has 0 bridgehead atoms. The van der Waals surface area contributed by atoms with Crippen molar-refractivity contribution in [2.75, 3.05) is 6.61 Å². The number of hydrogen-bond acceptors (Lipinski definition) is 5. The number of nitrogens with zero attached hydrogens (tertiary/aromatic N) is 1. The summed E-state index contributed by atoms with van der Waals surface area (Å²) < 4.78 is 5.66. The highest BCUT2D eigenvalue weighted by atomic mass is 32.1. The quantitative estimate of drug-likeness (QED) is 0.675. The summed E-state index contributed by atoms with van der Waals surface area (Å²) in [5.41, 5.74) is -0.0721. The van der Waals surface area contributed by atoms with Crippen LogP contribution in [0.3, 0.4) is 0 Å². The van der Waals surface area contributed by atoms with Crippen molar-refractivity contribution in [1.82, 2.24) is 5.32 Å². The maximum Gasteiger partial charge on any atom is 0.324 e. The first-order chi connectivity index (χ1) is 8.46. The Balaban J connectivity index is 1.85. The molecule has 1 aromatic rings. The van der Waals surface area contributed by atoms with E-state index >= 15 is 0 Å². The van der Waals surface area contributed by atoms with Gasteiger partial charge in [0.05, 0.1) is 10.5 Å². The average Bonchev–Trinajstić information content (AvgIpc) is 2.74. The molecular weight excluding hydrogens is 252 g/mol. The van der Waals surface area contributed by atoms with Gasteiger partial charge in [-0.25, -0.2) is 0 Å². The molecule has 1 N–H and O–H groups in total. The maximum atomic E-state index is 10.6. The van der Waals surface area contributed by atoms with Gasteiger partial charge in [-0.2, -0.15) is 0 Å². The number of thiophene rings is 1. The summed E-state index contributed by atoms with van der Waals surface area (Å²) in [6, 6.07) is 3.81. The van der Waals surface area contributed by atoms with E-state index in [4.69, 9.17) is 4.74 Å². The molecule has 1 aromatic heterocycles. The van der Waals surface area contributed by atoms with Crippen molar-refractivity contribution in [1.29, 1.82) is 0 Å². The van der Waals surface area contributed by atoms with Gasteiger partial charge in [-0.15, -0.1) is 0 Å². The van der Waals surface area contributed by atoms with Gasteiger partial charge in [0, 0.05) is 30.1 Å². The molecule has 100 valence electrons. The molecule has 5 nitrogen and oxygen atoms in total. The Morgan fingerprint density at radius 1 is 1.61 bits per heavy atom. The Hall–Kier alpha value is -0.980. The highest BCUT2D eigenvalue weighted by molar-refractivity contribution is 7.15. The standard InChI is InChI=1S/C12H18N2O3S/c1-12(2)7-9(5-6-17-12)13-8-10-3-4-11(18-10)14(15)16/h3-4,9,13H,5-8H2,1-2H3. The highest BCUT2D eigenvalue weighted by Gasteiger charge is 2.28. The SMILES string of the molecule is CC1(C)CC(NCc2ccc([N+](=O)[O-])s2)CCO1. The second-order valence-electron chi connectivity index (χ2n) is 5.18. The molecule has 0 spiro atoms. The minimum Gasteiger partial charge on any atom is -0.375 e. The molecule has 2 heterocycles. The molecule has 1 fully saturated rings. The molecule has 0 aliphatic carbocycles. The van der Waals surface area contributed by atoms with Gasteiger partial charge < -0.3 is 10.1 Å². The lowest BCUT2D eigenvalue weighted by Gasteiger charge is -2.35. The Morgan fingerprint density at radius 2 is 2.39 bits per heavy atom. The van der Waals surface area contributed by atoms with E-state index in [0.717, 1.165) is 24.3 Å². The van der Waals surface area contributed by atoms with Crippen LogP contribution in [-0.2, 0) is 11.3 Å². The van der Waals surface area contributed by atoms with Crippen molar-refractivity contribution < 1.29 is 9.66 Å². The summed E-state index contributed by atoms with van der Waals surface area (Å²) in [6.07, 6.45) is 1.97. The zero-order valence-electron chi connectivity index (χ0n) is 10.6. The summed E-state index contributed by atoms with van der Waals surface area (Å²) in [7, 11) is 0. The van der Waals surface area contributed by atoms with Gasteiger partial charge >= 0.3 is 5.00 Å². The van der Waals surface area contributed by atoms with Gasteiger partial charge in [0.1, 0.15) is 0 Å². The van der Waals surface area contributed by atoms with Crippen LogP contribution in [0.1, 0.15) is 31.6 Å². The molecular formula is C12H18N2O3S. The molecule has 1 unspecified atom stereocenters. The smallest absolute Gasteiger partial charge is 0.324 e. The first-order valence-corrected chi connectivity index (χ1v) is 6.88. The monoisotopic (exact) mass is 270 g/mol. The van der Waals surface area contributed by atoms with E-state index in [-0.39, 0.29) is 15.5 Å². The Bertz CT molecular complexity index is 431. The van der Waals surface area contributed by atoms with Crippen LogP contribution in [0, 0.1) is 10.1 Å². The molecule has 6 heteroatoms. The van der Waals surface area contributed by atoms with Gasteiger partial charge in [-0.1, -0.05) is 11.3 Å². The Kier molecular flexibility index (Phi) is 3.99. The lowest BCUT2D eigenvalue weighted by molar-refractivity contribution is -0.380. The minimum absolute atomic E-state index is 0.0721. The van der Waals surface area contributed by atoms with E-state index in [1.165, 1.54) is 11.3 Å². The normalized spacial score (nSPS) is 22.9. The van der Waals surface area contributed by atoms with Crippen LogP contribution in [0.5, 0.6) is 0 Å². The molecule has 0 saturated carbocycles. The summed E-state index contributed by atoms with van der Waals surface area (Å²) >= 11 is 1.24. The minimum atomic E-state index is -0.342. The fourth-order valence-electron chi connectivity index (χ4n) is 2.21. The van der Waals surface area contributed by atoms with E-state index < -0.39 is 0 Å². The van der Waals surface area contributed by atoms with Crippen molar-refractivity contribution in [2.24, 2.45) is 0 Å². The zero-order valence-corrected chi connectivity index (χ0v) is 11.5. The van der Waals surface area contributed by atoms with Crippen molar-refractivity contribution >= 4 is 16.3 Å². The van der Waals surface area contributed by atoms with Crippen LogP contribution in [0.25, 0.3) is 0 Å². The summed E-state index contributed by atoms with van der Waals surface area (Å²) in [5.74, 6) is 0. The largest absolute Gasteiger partial charge is 0.375 e. The predicted molar refractivity (Wildman–Crippen MR) is 70.9 cm³/mol. The van der Waals surface area contributed by atoms with Gasteiger partial charge in [0.15, 0.2) is 0 Å². The molecule has 1 aliphatic rings. The second kappa shape index (κ2) is 5.34. The van der Waals surface area contributed by atoms with Gasteiger partial charge in [-0.05, 0) is 32.8 Å². The summed E-state index contributed by atoms with van der Waals surface area (Å²) in [4.78, 5) is 11.2. The van der Waals surface area contributed by atoms with Crippen LogP contribution in [0.15, 0.2) is 12.1 Å². The Morgan fingerprint density at radius 3 is 3.00 bits per heavy atom. The van der Waals surface area contributed by atoms with Crippen molar-refractivity contribution in [2.45, 2.75) is 44.9 Å². The van der Waals surface area contributed by atoms with Crippen molar-refractivity contribution in [3.63, 3.8) is 0 Å². The summed E-state index contributed by atoms with van der Waals surface area (Å²) in [6.45, 7) is 5.65. The molecule has 1 atom stereocenters. The van der Waals surface area contributed by atoms with Crippen LogP contribution < -0.4 is 5.32 Å². The first kappa shape index (κ1) is 13.5. The molecule has 18 heavy (non-hydrogen) atoms. The Labute approximate surface area is 110 Å². The van der Waals surface area contributed by atoms with Crippen LogP contribution >= 0.6 is 11.3 Å². The average molecular weight is 270 g/mol. The summed E-state index contributed by atoms with van der Waals surface area (Å²) in [5, 5.41) is 14.2. The molecule has 1 saturated heterocycles. The number of nitrogens with one attached hydrogen (secondary N) is 1. The fraction of sp³-hybridized carbons (Fsp3) is 0.667. The molecule has 1 aliphatic heterocycles. The van der Waals surface area contributed by atoms with Gasteiger partial charge in [0.25, 0.3) is 0 Å². The van der Waals surface area contributed by atoms with E-state index in [1.807, 2.05) is 6.07 Å². The van der Waals surface area contributed by atoms with Crippen molar-refractivity contribution in [3.05, 3.63) is 27.1 Å². The molecule has 0 amide bonds. The molecule has 2 rings (SSSR count). The maximum absolute atomic E-state index is 10.6. The fourth-order valence-corrected chi connectivity index (χ4v) is 2.98. The van der Waals surface area contributed by atoms with Crippen LogP contribution in [0.4, 0.5) is 5.00 Å². The van der Waals surface area contributed by atoms with E-state index in [9.17, 15) is 10.1 Å². The lowest BCUT2D eigenvalue weighted by atomic mass is 9.94. The lowest BCUT2D eigenvalue weighted by Crippen LogP contribution is -2.43. The van der Waals surface area contributed by atoms with Gasteiger partial charge in [0.2, 0.25) is 0 Å². The third-order valence-electron chi connectivity index (χ3n) is 3.09. The van der Waals surface area contributed by atoms with Crippen LogP contribution in [-0.4, -0.2) is 23.2 Å². The predicted octanol–water partition coefficient (Wildman–Crippen LogP) is 2.70. The first-order valence-electron chi connectivity index (χ1n) is 6.07. The molecule has 0 aromatic carbocycles. The number of hydrogen-bond donors (Lipinski definition) is 1. The molecule has 0 radical (unpaired) electrons. The van der Waals surface area contributed by atoms with Crippen molar-refractivity contribution in [3.8, 4) is 0 Å². The third kappa shape index (κ3) is 3.51. The van der Waals surface area contributed by atoms with Crippen LogP contribution in [0.2, 0.25) is 0 Å². The van der Waals surface area contributed by atoms with E-state index in [1.54, 1.807) is 6.07 Å². The second-order valence-corrected chi connectivity index (χ2v) is 6.32. The highest BCUT2D eigenvalue weighted by Crippen LogP contribution is 2.26. The van der Waals surface area contributed by atoms with E-state index in [2.05, 4.69) is 19.2 Å². The third-order valence-corrected chi connectivity index (χ3v) is 4.13. The van der Waals surface area contributed by atoms with E-state index in [0.29, 0.717) is 12.6 Å². The topological polar surface area (TPSA) is 64.4 Å². The number of rotatable bonds is 4.